The normalized spacial score (nSPS) is 12.8. The minimum absolute atomic E-state index is 0.0530. The van der Waals surface area contributed by atoms with Crippen molar-refractivity contribution in [3.63, 3.8) is 0 Å². The Morgan fingerprint density at radius 2 is 1.50 bits per heavy atom. The van der Waals surface area contributed by atoms with Crippen LogP contribution in [0.1, 0.15) is 6.92 Å². The van der Waals surface area contributed by atoms with E-state index in [0.717, 1.165) is 12.2 Å². The van der Waals surface area contributed by atoms with Crippen molar-refractivity contribution in [3.05, 3.63) is 23.5 Å². The van der Waals surface area contributed by atoms with Gasteiger partial charge in [-0.1, -0.05) is 0 Å². The third-order valence-electron chi connectivity index (χ3n) is 1.05. The van der Waals surface area contributed by atoms with Gasteiger partial charge in [-0.25, -0.2) is 9.59 Å². The minimum atomic E-state index is -1.50. The second kappa shape index (κ2) is 4.17. The molecule has 0 aliphatic carbocycles. The molecular formula is C7H8O5. The van der Waals surface area contributed by atoms with Crippen molar-refractivity contribution in [2.75, 3.05) is 0 Å². The van der Waals surface area contributed by atoms with E-state index in [1.54, 1.807) is 0 Å². The fraction of sp³-hybridized carbons (Fsp3) is 0.143. The highest BCUT2D eigenvalue weighted by Crippen LogP contribution is 1.95. The van der Waals surface area contributed by atoms with Crippen molar-refractivity contribution in [1.29, 1.82) is 0 Å². The fourth-order valence-electron chi connectivity index (χ4n) is 0.347. The van der Waals surface area contributed by atoms with Gasteiger partial charge < -0.3 is 15.3 Å². The Morgan fingerprint density at radius 1 is 1.00 bits per heavy atom. The lowest BCUT2D eigenvalue weighted by Crippen LogP contribution is -1.99. The van der Waals surface area contributed by atoms with E-state index in [-0.39, 0.29) is 5.57 Å². The Balaban J connectivity index is 4.48. The Morgan fingerprint density at radius 3 is 1.83 bits per heavy atom. The lowest BCUT2D eigenvalue weighted by molar-refractivity contribution is -0.135. The molecule has 0 atom stereocenters. The zero-order valence-electron chi connectivity index (χ0n) is 6.31. The predicted octanol–water partition coefficient (Wildman–Crippen LogP) is 0.544. The number of allylic oxidation sites excluding steroid dienone is 2. The fourth-order valence-corrected chi connectivity index (χ4v) is 0.347. The molecule has 0 unspecified atom stereocenters. The summed E-state index contributed by atoms with van der Waals surface area (Å²) in [4.78, 5) is 20.1. The quantitative estimate of drug-likeness (QED) is 0.328. The molecule has 0 saturated heterocycles. The maximum Gasteiger partial charge on any atom is 0.370 e. The van der Waals surface area contributed by atoms with Crippen molar-refractivity contribution >= 4 is 11.9 Å². The third-order valence-corrected chi connectivity index (χ3v) is 1.05. The standard InChI is InChI=1S/C7H8O5/c1-4(6(9)10)2-3-5(8)7(11)12/h2-3,8H,1H3,(H,9,10)(H,11,12). The maximum absolute atomic E-state index is 10.2. The zero-order chi connectivity index (χ0) is 9.72. The first-order valence-electron chi connectivity index (χ1n) is 2.99. The molecule has 5 nitrogen and oxygen atoms in total. The first kappa shape index (κ1) is 10.2. The Labute approximate surface area is 68.3 Å². The van der Waals surface area contributed by atoms with Gasteiger partial charge in [-0.2, -0.15) is 0 Å². The number of hydrogen-bond acceptors (Lipinski definition) is 3. The molecule has 0 aliphatic heterocycles. The Kier molecular flexibility index (Phi) is 3.55. The molecule has 0 saturated carbocycles. The molecule has 0 aliphatic rings. The van der Waals surface area contributed by atoms with Crippen LogP contribution in [0, 0.1) is 0 Å². The Bertz CT molecular complexity index is 233. The highest BCUT2D eigenvalue weighted by Gasteiger charge is 2.02. The average Bonchev–Trinajstić information content (AvgIpc) is 1.98. The van der Waals surface area contributed by atoms with Crippen molar-refractivity contribution in [1.82, 2.24) is 0 Å². The number of carbonyl (C=O) groups is 2. The van der Waals surface area contributed by atoms with Gasteiger partial charge in [0, 0.05) is 5.57 Å². The van der Waals surface area contributed by atoms with Gasteiger partial charge >= 0.3 is 11.9 Å². The summed E-state index contributed by atoms with van der Waals surface area (Å²) in [5, 5.41) is 25.0. The van der Waals surface area contributed by atoms with Crippen LogP contribution in [0.3, 0.4) is 0 Å². The van der Waals surface area contributed by atoms with E-state index in [0.29, 0.717) is 0 Å². The van der Waals surface area contributed by atoms with Crippen LogP contribution in [0.4, 0.5) is 0 Å². The van der Waals surface area contributed by atoms with E-state index < -0.39 is 17.7 Å². The summed E-state index contributed by atoms with van der Waals surface area (Å²) in [5.41, 5.74) is -0.0530. The van der Waals surface area contributed by atoms with Gasteiger partial charge in [-0.05, 0) is 19.1 Å². The van der Waals surface area contributed by atoms with Crippen LogP contribution in [0.5, 0.6) is 0 Å². The molecule has 12 heavy (non-hydrogen) atoms. The van der Waals surface area contributed by atoms with Gasteiger partial charge in [0.2, 0.25) is 5.76 Å². The molecule has 3 N–H and O–H groups in total. The molecule has 66 valence electrons. The lowest BCUT2D eigenvalue weighted by Gasteiger charge is -1.89. The van der Waals surface area contributed by atoms with E-state index in [1.165, 1.54) is 6.92 Å². The molecular weight excluding hydrogens is 164 g/mol. The number of aliphatic carboxylic acids is 2. The number of carboxylic acids is 2. The monoisotopic (exact) mass is 172 g/mol. The predicted molar refractivity (Wildman–Crippen MR) is 39.7 cm³/mol. The number of hydrogen-bond donors (Lipinski definition) is 3. The highest BCUT2D eigenvalue weighted by atomic mass is 16.4. The van der Waals surface area contributed by atoms with Crippen molar-refractivity contribution in [3.8, 4) is 0 Å². The van der Waals surface area contributed by atoms with Crippen LogP contribution >= 0.6 is 0 Å². The van der Waals surface area contributed by atoms with E-state index >= 15 is 0 Å². The average molecular weight is 172 g/mol. The van der Waals surface area contributed by atoms with Crippen LogP contribution in [-0.4, -0.2) is 27.3 Å². The molecule has 0 aromatic carbocycles. The van der Waals surface area contributed by atoms with E-state index in [2.05, 4.69) is 0 Å². The van der Waals surface area contributed by atoms with Crippen LogP contribution < -0.4 is 0 Å². The van der Waals surface area contributed by atoms with Crippen molar-refractivity contribution < 1.29 is 24.9 Å². The lowest BCUT2D eigenvalue weighted by atomic mass is 10.2. The first-order chi connectivity index (χ1) is 5.45. The smallest absolute Gasteiger partial charge is 0.370 e. The van der Waals surface area contributed by atoms with Crippen molar-refractivity contribution in [2.24, 2.45) is 0 Å². The van der Waals surface area contributed by atoms with E-state index in [4.69, 9.17) is 15.3 Å². The van der Waals surface area contributed by atoms with Gasteiger partial charge in [0.25, 0.3) is 0 Å². The molecule has 0 heterocycles. The van der Waals surface area contributed by atoms with Crippen LogP contribution in [-0.2, 0) is 9.59 Å². The highest BCUT2D eigenvalue weighted by molar-refractivity contribution is 5.87. The van der Waals surface area contributed by atoms with Gasteiger partial charge in [0.05, 0.1) is 0 Å². The zero-order valence-corrected chi connectivity index (χ0v) is 6.31. The van der Waals surface area contributed by atoms with Crippen LogP contribution in [0.25, 0.3) is 0 Å². The number of carboxylic acid groups (broad SMARTS) is 2. The molecule has 0 fully saturated rings. The van der Waals surface area contributed by atoms with E-state index in [1.807, 2.05) is 0 Å². The van der Waals surface area contributed by atoms with Gasteiger partial charge in [0.15, 0.2) is 0 Å². The molecule has 0 aromatic heterocycles. The van der Waals surface area contributed by atoms with E-state index in [9.17, 15) is 9.59 Å². The Hall–Kier alpha value is -1.78. The topological polar surface area (TPSA) is 94.8 Å². The summed E-state index contributed by atoms with van der Waals surface area (Å²) < 4.78 is 0. The molecule has 0 spiro atoms. The minimum Gasteiger partial charge on any atom is -0.502 e. The summed E-state index contributed by atoms with van der Waals surface area (Å²) in [6, 6.07) is 0. The molecule has 5 heteroatoms. The third kappa shape index (κ3) is 3.40. The molecule has 0 aromatic rings. The van der Waals surface area contributed by atoms with Gasteiger partial charge in [-0.3, -0.25) is 0 Å². The molecule has 0 amide bonds. The summed E-state index contributed by atoms with van der Waals surface area (Å²) in [5.74, 6) is -3.55. The summed E-state index contributed by atoms with van der Waals surface area (Å²) in [6.45, 7) is 1.29. The SMILES string of the molecule is CC(=CC=C(O)C(=O)O)C(=O)O. The number of rotatable bonds is 3. The second-order valence-corrected chi connectivity index (χ2v) is 2.01. The van der Waals surface area contributed by atoms with Crippen molar-refractivity contribution in [2.45, 2.75) is 6.92 Å². The van der Waals surface area contributed by atoms with Crippen LogP contribution in [0.15, 0.2) is 23.5 Å². The largest absolute Gasteiger partial charge is 0.502 e. The van der Waals surface area contributed by atoms with Gasteiger partial charge in [0.1, 0.15) is 0 Å². The molecule has 0 rings (SSSR count). The summed E-state index contributed by atoms with van der Waals surface area (Å²) in [7, 11) is 0. The summed E-state index contributed by atoms with van der Waals surface area (Å²) in [6.07, 6.45) is 1.82. The number of aliphatic hydroxyl groups is 1. The molecule has 0 bridgehead atoms. The maximum atomic E-state index is 10.2. The van der Waals surface area contributed by atoms with Gasteiger partial charge in [-0.15, -0.1) is 0 Å². The van der Waals surface area contributed by atoms with Crippen LogP contribution in [0.2, 0.25) is 0 Å². The number of aliphatic hydroxyl groups excluding tert-OH is 1. The summed E-state index contributed by atoms with van der Waals surface area (Å²) >= 11 is 0. The first-order valence-corrected chi connectivity index (χ1v) is 2.99. The second-order valence-electron chi connectivity index (χ2n) is 2.01. The molecule has 0 radical (unpaired) electrons.